The molecule has 1 fully saturated rings. The Labute approximate surface area is 232 Å². The number of carbonyl (C=O) groups is 1. The lowest BCUT2D eigenvalue weighted by molar-refractivity contribution is -0.128. The van der Waals surface area contributed by atoms with Gasteiger partial charge in [0.05, 0.1) is 32.1 Å². The quantitative estimate of drug-likeness (QED) is 0.266. The summed E-state index contributed by atoms with van der Waals surface area (Å²) in [7, 11) is 0. The van der Waals surface area contributed by atoms with E-state index in [1.807, 2.05) is 24.3 Å². The molecule has 0 saturated carbocycles. The van der Waals surface area contributed by atoms with Crippen LogP contribution in [0.1, 0.15) is 11.1 Å². The average Bonchev–Trinajstić information content (AvgIpc) is 3.16. The van der Waals surface area contributed by atoms with Crippen LogP contribution in [0.2, 0.25) is 0 Å². The summed E-state index contributed by atoms with van der Waals surface area (Å²) in [4.78, 5) is 25.8. The zero-order valence-electron chi connectivity index (χ0n) is 21.8. The second kappa shape index (κ2) is 13.1. The minimum Gasteiger partial charge on any atom is -0.394 e. The Balaban J connectivity index is 1.27. The minimum atomic E-state index is -0.964. The number of piperazine rings is 1. The van der Waals surface area contributed by atoms with Crippen molar-refractivity contribution in [2.45, 2.75) is 28.8 Å². The van der Waals surface area contributed by atoms with Crippen molar-refractivity contribution >= 4 is 29.2 Å². The number of aliphatic hydroxyl groups is 3. The molecule has 10 nitrogen and oxygen atoms in total. The van der Waals surface area contributed by atoms with E-state index in [0.717, 1.165) is 65.2 Å². The number of carbonyl (C=O) groups excluding carboxylic acids is 1. The van der Waals surface area contributed by atoms with Crippen LogP contribution in [0.25, 0.3) is 0 Å². The molecule has 4 N–H and O–H groups in total. The van der Waals surface area contributed by atoms with Gasteiger partial charge >= 0.3 is 0 Å². The number of para-hydroxylation sites is 1. The lowest BCUT2D eigenvalue weighted by atomic mass is 10.1. The molecule has 2 atom stereocenters. The fraction of sp³-hybridized carbons (Fsp3) is 0.429. The first-order chi connectivity index (χ1) is 19.0. The summed E-state index contributed by atoms with van der Waals surface area (Å²) < 4.78 is 5.43. The monoisotopic (exact) mass is 553 g/mol. The van der Waals surface area contributed by atoms with Gasteiger partial charge in [0.2, 0.25) is 5.91 Å². The second-order valence-corrected chi connectivity index (χ2v) is 10.7. The van der Waals surface area contributed by atoms with Gasteiger partial charge in [-0.3, -0.25) is 9.69 Å². The van der Waals surface area contributed by atoms with Gasteiger partial charge in [-0.05, 0) is 42.0 Å². The van der Waals surface area contributed by atoms with Crippen molar-refractivity contribution in [2.24, 2.45) is 4.99 Å². The summed E-state index contributed by atoms with van der Waals surface area (Å²) in [5.74, 6) is 0.686. The van der Waals surface area contributed by atoms with Gasteiger partial charge in [0.1, 0.15) is 18.3 Å². The van der Waals surface area contributed by atoms with Gasteiger partial charge in [0, 0.05) is 54.6 Å². The van der Waals surface area contributed by atoms with Crippen molar-refractivity contribution in [3.8, 4) is 0 Å². The summed E-state index contributed by atoms with van der Waals surface area (Å²) in [5.41, 5.74) is 2.97. The van der Waals surface area contributed by atoms with Crippen molar-refractivity contribution in [3.63, 3.8) is 0 Å². The molecule has 11 heteroatoms. The van der Waals surface area contributed by atoms with Gasteiger partial charge < -0.3 is 30.3 Å². The third-order valence-electron chi connectivity index (χ3n) is 7.01. The van der Waals surface area contributed by atoms with E-state index in [1.165, 1.54) is 17.1 Å². The van der Waals surface area contributed by atoms with Gasteiger partial charge in [0.15, 0.2) is 0 Å². The lowest BCUT2D eigenvalue weighted by Crippen LogP contribution is -2.49. The SMILES string of the molecule is O=C(CN1C(O)C=CC1O)NCc1ccc2c(c1)Sc1ccccc1N=C2N1CCN(CCOCCO)CC1. The van der Waals surface area contributed by atoms with Crippen LogP contribution in [-0.2, 0) is 16.1 Å². The van der Waals surface area contributed by atoms with Crippen molar-refractivity contribution in [3.05, 3.63) is 65.7 Å². The van der Waals surface area contributed by atoms with Crippen molar-refractivity contribution in [2.75, 3.05) is 59.1 Å². The maximum atomic E-state index is 12.5. The molecule has 5 rings (SSSR count). The Kier molecular flexibility index (Phi) is 9.30. The number of hydrogen-bond donors (Lipinski definition) is 4. The largest absolute Gasteiger partial charge is 0.394 e. The van der Waals surface area contributed by atoms with Gasteiger partial charge in [-0.2, -0.15) is 0 Å². The van der Waals surface area contributed by atoms with Crippen molar-refractivity contribution < 1.29 is 24.9 Å². The Bertz CT molecular complexity index is 1200. The highest BCUT2D eigenvalue weighted by atomic mass is 32.2. The highest BCUT2D eigenvalue weighted by molar-refractivity contribution is 7.99. The molecule has 3 aliphatic heterocycles. The number of amidine groups is 1. The molecule has 0 aliphatic carbocycles. The van der Waals surface area contributed by atoms with E-state index in [9.17, 15) is 15.0 Å². The first-order valence-corrected chi connectivity index (χ1v) is 14.0. The fourth-order valence-corrected chi connectivity index (χ4v) is 5.93. The number of aliphatic imine (C=N–C) groups is 1. The maximum absolute atomic E-state index is 12.5. The van der Waals surface area contributed by atoms with Crippen LogP contribution in [0, 0.1) is 0 Å². The first kappa shape index (κ1) is 27.8. The van der Waals surface area contributed by atoms with Crippen LogP contribution >= 0.6 is 11.8 Å². The summed E-state index contributed by atoms with van der Waals surface area (Å²) in [5, 5.41) is 31.6. The molecule has 208 valence electrons. The Morgan fingerprint density at radius 3 is 2.56 bits per heavy atom. The van der Waals surface area contributed by atoms with Gasteiger partial charge in [0.25, 0.3) is 0 Å². The number of ether oxygens (including phenoxy) is 1. The zero-order valence-corrected chi connectivity index (χ0v) is 22.6. The minimum absolute atomic E-state index is 0.0468. The number of hydrogen-bond acceptors (Lipinski definition) is 10. The van der Waals surface area contributed by atoms with Crippen LogP contribution < -0.4 is 5.32 Å². The number of amides is 1. The molecule has 0 radical (unpaired) electrons. The van der Waals surface area contributed by atoms with E-state index in [4.69, 9.17) is 14.8 Å². The predicted molar refractivity (Wildman–Crippen MR) is 149 cm³/mol. The van der Waals surface area contributed by atoms with Crippen molar-refractivity contribution in [1.82, 2.24) is 20.0 Å². The Hall–Kier alpha value is -2.77. The van der Waals surface area contributed by atoms with E-state index in [0.29, 0.717) is 19.8 Å². The van der Waals surface area contributed by atoms with E-state index >= 15 is 0 Å². The van der Waals surface area contributed by atoms with Crippen LogP contribution in [-0.4, -0.2) is 113 Å². The molecule has 2 aromatic rings. The molecule has 2 aromatic carbocycles. The molecular formula is C28H35N5O5S. The standard InChI is InChI=1S/C28H35N5O5S/c34-14-16-38-15-13-31-9-11-32(12-10-31)28-21-6-5-20(17-24(21)39-23-4-2-1-3-22(23)30-28)18-29-25(35)19-33-26(36)7-8-27(33)37/h1-8,17,26-27,34,36-37H,9-16,18-19H2,(H,29,35). The second-order valence-electron chi connectivity index (χ2n) is 9.66. The van der Waals surface area contributed by atoms with Crippen LogP contribution in [0.15, 0.2) is 69.4 Å². The number of benzene rings is 2. The molecule has 1 amide bonds. The highest BCUT2D eigenvalue weighted by Crippen LogP contribution is 2.41. The van der Waals surface area contributed by atoms with Crippen molar-refractivity contribution in [1.29, 1.82) is 0 Å². The maximum Gasteiger partial charge on any atom is 0.234 e. The van der Waals surface area contributed by atoms with E-state index in [2.05, 4.69) is 33.3 Å². The third-order valence-corrected chi connectivity index (χ3v) is 8.13. The summed E-state index contributed by atoms with van der Waals surface area (Å²) in [6, 6.07) is 14.3. The van der Waals surface area contributed by atoms with Crippen LogP contribution in [0.5, 0.6) is 0 Å². The Morgan fingerprint density at radius 2 is 1.79 bits per heavy atom. The molecule has 0 bridgehead atoms. The molecular weight excluding hydrogens is 518 g/mol. The zero-order chi connectivity index (χ0) is 27.2. The number of rotatable bonds is 9. The Morgan fingerprint density at radius 1 is 1.03 bits per heavy atom. The molecule has 2 unspecified atom stereocenters. The van der Waals surface area contributed by atoms with E-state index in [-0.39, 0.29) is 19.1 Å². The predicted octanol–water partition coefficient (Wildman–Crippen LogP) is 0.981. The van der Waals surface area contributed by atoms with Crippen LogP contribution in [0.4, 0.5) is 5.69 Å². The van der Waals surface area contributed by atoms with Gasteiger partial charge in [-0.25, -0.2) is 9.89 Å². The van der Waals surface area contributed by atoms with Gasteiger partial charge in [-0.1, -0.05) is 30.0 Å². The third kappa shape index (κ3) is 6.87. The molecule has 0 spiro atoms. The molecule has 3 aliphatic rings. The molecule has 39 heavy (non-hydrogen) atoms. The summed E-state index contributed by atoms with van der Waals surface area (Å²) in [6.07, 6.45) is 1.00. The normalized spacial score (nSPS) is 21.3. The first-order valence-electron chi connectivity index (χ1n) is 13.2. The molecule has 0 aromatic heterocycles. The summed E-state index contributed by atoms with van der Waals surface area (Å²) >= 11 is 1.68. The molecule has 3 heterocycles. The number of nitrogens with zero attached hydrogens (tertiary/aromatic N) is 4. The number of nitrogens with one attached hydrogen (secondary N) is 1. The number of aliphatic hydroxyl groups excluding tert-OH is 3. The smallest absolute Gasteiger partial charge is 0.234 e. The lowest BCUT2D eigenvalue weighted by Gasteiger charge is -2.36. The van der Waals surface area contributed by atoms with Crippen LogP contribution in [0.3, 0.4) is 0 Å². The fourth-order valence-electron chi connectivity index (χ4n) is 4.84. The topological polar surface area (TPSA) is 121 Å². The highest BCUT2D eigenvalue weighted by Gasteiger charge is 2.28. The van der Waals surface area contributed by atoms with E-state index in [1.54, 1.807) is 11.8 Å². The summed E-state index contributed by atoms with van der Waals surface area (Å²) in [6.45, 7) is 5.64. The molecule has 1 saturated heterocycles. The average molecular weight is 554 g/mol. The van der Waals surface area contributed by atoms with E-state index < -0.39 is 12.5 Å². The van der Waals surface area contributed by atoms with Gasteiger partial charge in [-0.15, -0.1) is 0 Å². The number of fused-ring (bicyclic) bond motifs is 2.